The molecular formula is C17H32KNO4S. The molecule has 136 valence electrons. The van der Waals surface area contributed by atoms with E-state index in [2.05, 4.69) is 18.8 Å². The smallest absolute Gasteiger partial charge is 0.748 e. The normalized spacial score (nSPS) is 12.2. The van der Waals surface area contributed by atoms with Gasteiger partial charge < -0.3 is 9.87 Å². The van der Waals surface area contributed by atoms with Gasteiger partial charge in [-0.3, -0.25) is 4.79 Å². The summed E-state index contributed by atoms with van der Waals surface area (Å²) >= 11 is 0. The van der Waals surface area contributed by atoms with Gasteiger partial charge in [-0.05, 0) is 12.5 Å². The summed E-state index contributed by atoms with van der Waals surface area (Å²) in [6.45, 7) is 5.54. The minimum atomic E-state index is -4.34. The monoisotopic (exact) mass is 385 g/mol. The fraction of sp³-hybridized carbons (Fsp3) is 0.824. The van der Waals surface area contributed by atoms with Crippen molar-refractivity contribution in [3.63, 3.8) is 0 Å². The van der Waals surface area contributed by atoms with Crippen LogP contribution in [0.2, 0.25) is 0 Å². The van der Waals surface area contributed by atoms with Gasteiger partial charge in [0.25, 0.3) is 0 Å². The van der Waals surface area contributed by atoms with Crippen LogP contribution in [0, 0.1) is 0 Å². The Labute approximate surface area is 190 Å². The molecule has 0 saturated carbocycles. The largest absolute Gasteiger partial charge is 1.00 e. The Balaban J connectivity index is 0. The molecule has 0 rings (SSSR count). The zero-order valence-corrected chi connectivity index (χ0v) is 19.3. The van der Waals surface area contributed by atoms with Gasteiger partial charge in [0.05, 0.1) is 15.9 Å². The number of rotatable bonds is 15. The fourth-order valence-electron chi connectivity index (χ4n) is 2.58. The van der Waals surface area contributed by atoms with Crippen LogP contribution in [0.1, 0.15) is 77.6 Å². The molecule has 0 aliphatic heterocycles. The Bertz CT molecular complexity index is 426. The van der Waals surface area contributed by atoms with Crippen molar-refractivity contribution in [2.45, 2.75) is 83.6 Å². The van der Waals surface area contributed by atoms with Crippen molar-refractivity contribution in [3.05, 3.63) is 12.7 Å². The summed E-state index contributed by atoms with van der Waals surface area (Å²) in [5.41, 5.74) is 0. The third-order valence-electron chi connectivity index (χ3n) is 3.84. The summed E-state index contributed by atoms with van der Waals surface area (Å²) in [6.07, 6.45) is 13.5. The van der Waals surface area contributed by atoms with E-state index in [4.69, 9.17) is 0 Å². The van der Waals surface area contributed by atoms with E-state index in [1.165, 1.54) is 44.9 Å². The molecule has 1 amide bonds. The first-order valence-corrected chi connectivity index (χ1v) is 10.3. The molecule has 0 fully saturated rings. The minimum absolute atomic E-state index is 0. The number of carbonyl (C=O) groups is 1. The van der Waals surface area contributed by atoms with Gasteiger partial charge in [-0.1, -0.05) is 77.7 Å². The molecule has 1 N–H and O–H groups in total. The minimum Gasteiger partial charge on any atom is -0.748 e. The number of carbonyl (C=O) groups excluding carboxylic acids is 1. The van der Waals surface area contributed by atoms with Crippen LogP contribution in [0.3, 0.4) is 0 Å². The zero-order valence-electron chi connectivity index (χ0n) is 15.4. The van der Waals surface area contributed by atoms with E-state index in [-0.39, 0.29) is 51.4 Å². The SMILES string of the molecule is C=CC(=O)NC(CCCCCCCCCCCC)CS(=O)(=O)[O-].[K+]. The second-order valence-corrected chi connectivity index (χ2v) is 7.55. The molecule has 0 aromatic rings. The van der Waals surface area contributed by atoms with Gasteiger partial charge in [-0.25, -0.2) is 8.42 Å². The molecule has 0 heterocycles. The van der Waals surface area contributed by atoms with Crippen molar-refractivity contribution in [3.8, 4) is 0 Å². The van der Waals surface area contributed by atoms with Crippen molar-refractivity contribution in [1.82, 2.24) is 5.32 Å². The molecule has 1 unspecified atom stereocenters. The summed E-state index contributed by atoms with van der Waals surface area (Å²) in [5, 5.41) is 2.52. The van der Waals surface area contributed by atoms with Crippen molar-refractivity contribution < 1.29 is 69.1 Å². The summed E-state index contributed by atoms with van der Waals surface area (Å²) in [6, 6.07) is -0.614. The predicted molar refractivity (Wildman–Crippen MR) is 93.2 cm³/mol. The van der Waals surface area contributed by atoms with Gasteiger partial charge in [0.15, 0.2) is 0 Å². The second kappa shape index (κ2) is 17.2. The molecular weight excluding hydrogens is 353 g/mol. The molecule has 0 aromatic carbocycles. The number of nitrogens with one attached hydrogen (secondary N) is 1. The van der Waals surface area contributed by atoms with Crippen molar-refractivity contribution in [1.29, 1.82) is 0 Å². The predicted octanol–water partition coefficient (Wildman–Crippen LogP) is 0.517. The zero-order chi connectivity index (χ0) is 17.6. The molecule has 0 spiro atoms. The van der Waals surface area contributed by atoms with Crippen LogP contribution in [0.4, 0.5) is 0 Å². The maximum Gasteiger partial charge on any atom is 1.00 e. The summed E-state index contributed by atoms with van der Waals surface area (Å²) in [5.74, 6) is -0.991. The van der Waals surface area contributed by atoms with Gasteiger partial charge >= 0.3 is 51.4 Å². The van der Waals surface area contributed by atoms with Crippen molar-refractivity contribution in [2.75, 3.05) is 5.75 Å². The van der Waals surface area contributed by atoms with E-state index >= 15 is 0 Å². The molecule has 0 saturated heterocycles. The molecule has 0 bridgehead atoms. The standard InChI is InChI=1S/C17H33NO4S.K/c1-3-5-6-7-8-9-10-11-12-13-14-16(15-23(20,21)22)18-17(19)4-2;/h4,16H,2-3,5-15H2,1H3,(H,18,19)(H,20,21,22);/q;+1/p-1. The van der Waals surface area contributed by atoms with Crippen LogP contribution in [-0.2, 0) is 14.9 Å². The Morgan fingerprint density at radius 1 is 1.04 bits per heavy atom. The molecule has 0 radical (unpaired) electrons. The third-order valence-corrected chi connectivity index (χ3v) is 4.65. The summed E-state index contributed by atoms with van der Waals surface area (Å²) in [4.78, 5) is 11.3. The molecule has 0 aliphatic carbocycles. The Morgan fingerprint density at radius 3 is 1.92 bits per heavy atom. The van der Waals surface area contributed by atoms with Crippen LogP contribution in [0.5, 0.6) is 0 Å². The van der Waals surface area contributed by atoms with E-state index in [9.17, 15) is 17.8 Å². The average molecular weight is 386 g/mol. The van der Waals surface area contributed by atoms with Crippen LogP contribution >= 0.6 is 0 Å². The fourth-order valence-corrected chi connectivity index (χ4v) is 3.32. The molecule has 0 aromatic heterocycles. The molecule has 7 heteroatoms. The van der Waals surface area contributed by atoms with Gasteiger partial charge in [-0.2, -0.15) is 0 Å². The van der Waals surface area contributed by atoms with Gasteiger partial charge in [0, 0.05) is 6.04 Å². The first-order valence-electron chi connectivity index (χ1n) is 8.75. The molecule has 24 heavy (non-hydrogen) atoms. The second-order valence-electron chi connectivity index (χ2n) is 6.10. The maximum atomic E-state index is 11.3. The van der Waals surface area contributed by atoms with Crippen LogP contribution in [0.15, 0.2) is 12.7 Å². The maximum absolute atomic E-state index is 11.3. The van der Waals surface area contributed by atoms with Crippen LogP contribution in [0.25, 0.3) is 0 Å². The van der Waals surface area contributed by atoms with Crippen LogP contribution < -0.4 is 56.7 Å². The Kier molecular flexibility index (Phi) is 19.3. The van der Waals surface area contributed by atoms with Crippen molar-refractivity contribution in [2.24, 2.45) is 0 Å². The topological polar surface area (TPSA) is 86.3 Å². The molecule has 5 nitrogen and oxygen atoms in total. The average Bonchev–Trinajstić information content (AvgIpc) is 2.47. The first-order chi connectivity index (χ1) is 10.9. The van der Waals surface area contributed by atoms with E-state index in [0.717, 1.165) is 25.3 Å². The number of hydrogen-bond donors (Lipinski definition) is 1. The number of unbranched alkanes of at least 4 members (excludes halogenated alkanes) is 9. The molecule has 1 atom stereocenters. The number of amides is 1. The quantitative estimate of drug-likeness (QED) is 0.193. The molecule has 0 aliphatic rings. The van der Waals surface area contributed by atoms with Gasteiger partial charge in [-0.15, -0.1) is 0 Å². The van der Waals surface area contributed by atoms with Gasteiger partial charge in [0.2, 0.25) is 5.91 Å². The van der Waals surface area contributed by atoms with E-state index in [1.807, 2.05) is 0 Å². The first kappa shape index (κ1) is 27.0. The Morgan fingerprint density at radius 2 is 1.50 bits per heavy atom. The van der Waals surface area contributed by atoms with Crippen LogP contribution in [-0.4, -0.2) is 30.7 Å². The van der Waals surface area contributed by atoms with Gasteiger partial charge in [0.1, 0.15) is 0 Å². The Hall–Kier alpha value is 0.756. The third kappa shape index (κ3) is 19.1. The summed E-state index contributed by atoms with van der Waals surface area (Å²) < 4.78 is 32.6. The van der Waals surface area contributed by atoms with E-state index < -0.39 is 27.8 Å². The summed E-state index contributed by atoms with van der Waals surface area (Å²) in [7, 11) is -4.34. The number of hydrogen-bond acceptors (Lipinski definition) is 4. The van der Waals surface area contributed by atoms with E-state index in [0.29, 0.717) is 6.42 Å². The van der Waals surface area contributed by atoms with Crippen molar-refractivity contribution >= 4 is 16.0 Å². The van der Waals surface area contributed by atoms with E-state index in [1.54, 1.807) is 0 Å².